The van der Waals surface area contributed by atoms with Crippen LogP contribution in [0.15, 0.2) is 4.99 Å². The fourth-order valence-electron chi connectivity index (χ4n) is 1.19. The normalized spacial score (nSPS) is 11.7. The van der Waals surface area contributed by atoms with Crippen LogP contribution in [0.3, 0.4) is 0 Å². The molecule has 15 heavy (non-hydrogen) atoms. The van der Waals surface area contributed by atoms with Crippen LogP contribution in [-0.2, 0) is 4.74 Å². The molecular formula is C11H25N3O. The fourth-order valence-corrected chi connectivity index (χ4v) is 1.19. The number of ether oxygens (including phenoxy) is 1. The monoisotopic (exact) mass is 215 g/mol. The molecule has 0 aliphatic heterocycles. The molecule has 0 amide bonds. The van der Waals surface area contributed by atoms with Crippen LogP contribution in [0.25, 0.3) is 0 Å². The number of nitrogens with one attached hydrogen (secondary N) is 1. The molecule has 0 unspecified atom stereocenters. The molecule has 0 saturated heterocycles. The largest absolute Gasteiger partial charge is 0.380 e. The number of unbranched alkanes of at least 4 members (excludes halogenated alkanes) is 3. The van der Waals surface area contributed by atoms with E-state index in [0.29, 0.717) is 12.6 Å². The number of hydrogen-bond acceptors (Lipinski definition) is 2. The highest BCUT2D eigenvalue weighted by Gasteiger charge is 1.91. The molecule has 0 radical (unpaired) electrons. The molecule has 3 N–H and O–H groups in total. The van der Waals surface area contributed by atoms with Gasteiger partial charge in [0.15, 0.2) is 5.96 Å². The summed E-state index contributed by atoms with van der Waals surface area (Å²) in [5.74, 6) is 0.534. The van der Waals surface area contributed by atoms with Gasteiger partial charge < -0.3 is 15.8 Å². The summed E-state index contributed by atoms with van der Waals surface area (Å²) in [7, 11) is 0. The Kier molecular flexibility index (Phi) is 10.7. The van der Waals surface area contributed by atoms with Gasteiger partial charge in [-0.3, -0.25) is 4.99 Å². The Balaban J connectivity index is 3.27. The predicted octanol–water partition coefficient (Wildman–Crippen LogP) is 1.51. The van der Waals surface area contributed by atoms with Crippen LogP contribution in [0.4, 0.5) is 0 Å². The van der Waals surface area contributed by atoms with Crippen LogP contribution in [0.1, 0.15) is 39.5 Å². The Morgan fingerprint density at radius 2 is 2.07 bits per heavy atom. The van der Waals surface area contributed by atoms with Crippen molar-refractivity contribution in [2.24, 2.45) is 10.7 Å². The van der Waals surface area contributed by atoms with E-state index < -0.39 is 0 Å². The summed E-state index contributed by atoms with van der Waals surface area (Å²) in [5, 5.41) is 3.01. The first kappa shape index (κ1) is 14.2. The summed E-state index contributed by atoms with van der Waals surface area (Å²) in [6, 6.07) is 0. The molecule has 0 aromatic carbocycles. The van der Waals surface area contributed by atoms with Crippen molar-refractivity contribution in [3.63, 3.8) is 0 Å². The van der Waals surface area contributed by atoms with Gasteiger partial charge in [-0.05, 0) is 13.3 Å². The Bertz CT molecular complexity index is 160. The average Bonchev–Trinajstić information content (AvgIpc) is 2.24. The molecule has 90 valence electrons. The van der Waals surface area contributed by atoms with E-state index in [-0.39, 0.29) is 0 Å². The molecule has 0 rings (SSSR count). The van der Waals surface area contributed by atoms with Crippen LogP contribution >= 0.6 is 0 Å². The minimum atomic E-state index is 0.534. The molecule has 0 aromatic rings. The molecule has 0 aromatic heterocycles. The molecular weight excluding hydrogens is 190 g/mol. The first-order valence-corrected chi connectivity index (χ1v) is 5.92. The molecule has 0 aliphatic carbocycles. The molecule has 4 nitrogen and oxygen atoms in total. The second-order valence-corrected chi connectivity index (χ2v) is 3.45. The van der Waals surface area contributed by atoms with Crippen LogP contribution in [0.5, 0.6) is 0 Å². The van der Waals surface area contributed by atoms with Gasteiger partial charge in [0.1, 0.15) is 0 Å². The van der Waals surface area contributed by atoms with E-state index in [1.807, 2.05) is 6.92 Å². The van der Waals surface area contributed by atoms with Gasteiger partial charge in [0.25, 0.3) is 0 Å². The third-order valence-corrected chi connectivity index (χ3v) is 2.05. The lowest BCUT2D eigenvalue weighted by molar-refractivity contribution is 0.152. The minimum Gasteiger partial charge on any atom is -0.380 e. The summed E-state index contributed by atoms with van der Waals surface area (Å²) in [4.78, 5) is 4.22. The Morgan fingerprint density at radius 1 is 1.27 bits per heavy atom. The van der Waals surface area contributed by atoms with Crippen molar-refractivity contribution in [3.05, 3.63) is 0 Å². The maximum Gasteiger partial charge on any atom is 0.188 e. The summed E-state index contributed by atoms with van der Waals surface area (Å²) in [6.07, 6.45) is 4.91. The van der Waals surface area contributed by atoms with Crippen molar-refractivity contribution in [2.45, 2.75) is 39.5 Å². The molecule has 0 fully saturated rings. The zero-order chi connectivity index (χ0) is 11.4. The van der Waals surface area contributed by atoms with Gasteiger partial charge in [0.2, 0.25) is 0 Å². The lowest BCUT2D eigenvalue weighted by Crippen LogP contribution is -2.34. The van der Waals surface area contributed by atoms with Crippen molar-refractivity contribution in [1.29, 1.82) is 0 Å². The zero-order valence-electron chi connectivity index (χ0n) is 10.1. The van der Waals surface area contributed by atoms with Gasteiger partial charge in [0, 0.05) is 19.7 Å². The van der Waals surface area contributed by atoms with E-state index in [1.165, 1.54) is 19.3 Å². The van der Waals surface area contributed by atoms with Gasteiger partial charge in [0.05, 0.1) is 6.61 Å². The van der Waals surface area contributed by atoms with E-state index >= 15 is 0 Å². The van der Waals surface area contributed by atoms with Crippen LogP contribution in [0.2, 0.25) is 0 Å². The molecule has 0 saturated carbocycles. The van der Waals surface area contributed by atoms with Gasteiger partial charge in [-0.2, -0.15) is 0 Å². The maximum absolute atomic E-state index is 5.65. The van der Waals surface area contributed by atoms with Gasteiger partial charge in [-0.15, -0.1) is 0 Å². The predicted molar refractivity (Wildman–Crippen MR) is 65.1 cm³/mol. The van der Waals surface area contributed by atoms with E-state index in [4.69, 9.17) is 10.5 Å². The second kappa shape index (κ2) is 11.3. The summed E-state index contributed by atoms with van der Waals surface area (Å²) in [6.45, 7) is 7.17. The number of nitrogens with two attached hydrogens (primary N) is 1. The van der Waals surface area contributed by atoms with Gasteiger partial charge in [-0.1, -0.05) is 26.2 Å². The number of hydrogen-bond donors (Lipinski definition) is 2. The Labute approximate surface area is 93.3 Å². The van der Waals surface area contributed by atoms with Crippen LogP contribution in [0, 0.1) is 0 Å². The van der Waals surface area contributed by atoms with Crippen LogP contribution in [-0.4, -0.2) is 32.3 Å². The SMILES string of the molecule is CCCCCCN=C(N)NCCOCC. The van der Waals surface area contributed by atoms with Crippen molar-refractivity contribution in [3.8, 4) is 0 Å². The Hall–Kier alpha value is -0.770. The van der Waals surface area contributed by atoms with E-state index in [2.05, 4.69) is 17.2 Å². The fraction of sp³-hybridized carbons (Fsp3) is 0.909. The lowest BCUT2D eigenvalue weighted by atomic mass is 10.2. The van der Waals surface area contributed by atoms with Crippen molar-refractivity contribution in [2.75, 3.05) is 26.3 Å². The first-order chi connectivity index (χ1) is 7.31. The van der Waals surface area contributed by atoms with Crippen molar-refractivity contribution in [1.82, 2.24) is 5.32 Å². The molecule has 0 spiro atoms. The highest BCUT2D eigenvalue weighted by Crippen LogP contribution is 1.98. The number of guanidine groups is 1. The van der Waals surface area contributed by atoms with E-state index in [0.717, 1.165) is 26.1 Å². The summed E-state index contributed by atoms with van der Waals surface area (Å²) in [5.41, 5.74) is 5.65. The highest BCUT2D eigenvalue weighted by atomic mass is 16.5. The smallest absolute Gasteiger partial charge is 0.188 e. The standard InChI is InChI=1S/C11H25N3O/c1-3-5-6-7-8-13-11(12)14-9-10-15-4-2/h3-10H2,1-2H3,(H3,12,13,14). The van der Waals surface area contributed by atoms with Crippen LogP contribution < -0.4 is 11.1 Å². The third-order valence-electron chi connectivity index (χ3n) is 2.05. The zero-order valence-corrected chi connectivity index (χ0v) is 10.1. The molecule has 4 heteroatoms. The lowest BCUT2D eigenvalue weighted by Gasteiger charge is -2.05. The maximum atomic E-state index is 5.65. The second-order valence-electron chi connectivity index (χ2n) is 3.45. The van der Waals surface area contributed by atoms with Crippen molar-refractivity contribution >= 4 is 5.96 Å². The molecule has 0 aliphatic rings. The quantitative estimate of drug-likeness (QED) is 0.348. The summed E-state index contributed by atoms with van der Waals surface area (Å²) < 4.78 is 5.17. The average molecular weight is 215 g/mol. The van der Waals surface area contributed by atoms with Crippen molar-refractivity contribution < 1.29 is 4.74 Å². The van der Waals surface area contributed by atoms with Gasteiger partial charge in [-0.25, -0.2) is 0 Å². The summed E-state index contributed by atoms with van der Waals surface area (Å²) >= 11 is 0. The van der Waals surface area contributed by atoms with E-state index in [9.17, 15) is 0 Å². The Morgan fingerprint density at radius 3 is 2.73 bits per heavy atom. The molecule has 0 bridgehead atoms. The number of rotatable bonds is 9. The third kappa shape index (κ3) is 11.2. The molecule has 0 atom stereocenters. The minimum absolute atomic E-state index is 0.534. The topological polar surface area (TPSA) is 59.6 Å². The number of nitrogens with zero attached hydrogens (tertiary/aromatic N) is 1. The first-order valence-electron chi connectivity index (χ1n) is 5.92. The number of aliphatic imine (C=N–C) groups is 1. The van der Waals surface area contributed by atoms with E-state index in [1.54, 1.807) is 0 Å². The highest BCUT2D eigenvalue weighted by molar-refractivity contribution is 5.77. The molecule has 0 heterocycles. The van der Waals surface area contributed by atoms with Gasteiger partial charge >= 0.3 is 0 Å².